The van der Waals surface area contributed by atoms with E-state index in [9.17, 15) is 0 Å². The van der Waals surface area contributed by atoms with Crippen molar-refractivity contribution in [2.75, 3.05) is 5.73 Å². The largest absolute Gasteiger partial charge is 0.384 e. The maximum Gasteiger partial charge on any atom is 0.127 e. The summed E-state index contributed by atoms with van der Waals surface area (Å²) in [7, 11) is 0. The minimum Gasteiger partial charge on any atom is -0.384 e. The molecule has 1 saturated carbocycles. The zero-order chi connectivity index (χ0) is 13.0. The molecule has 1 fully saturated rings. The predicted molar refractivity (Wildman–Crippen MR) is 72.3 cm³/mol. The summed E-state index contributed by atoms with van der Waals surface area (Å²) in [5.74, 6) is 2.61. The molecule has 3 nitrogen and oxygen atoms in total. The summed E-state index contributed by atoms with van der Waals surface area (Å²) >= 11 is 0. The first-order valence-corrected chi connectivity index (χ1v) is 6.51. The van der Waals surface area contributed by atoms with Gasteiger partial charge < -0.3 is 10.3 Å². The first kappa shape index (κ1) is 12.5. The van der Waals surface area contributed by atoms with Gasteiger partial charge in [0, 0.05) is 16.9 Å². The van der Waals surface area contributed by atoms with Crippen LogP contribution in [0.25, 0.3) is 0 Å². The molecule has 1 aliphatic rings. The van der Waals surface area contributed by atoms with E-state index in [-0.39, 0.29) is 11.0 Å². The van der Waals surface area contributed by atoms with Crippen LogP contribution >= 0.6 is 0 Å². The minimum absolute atomic E-state index is 0.00711. The molecule has 3 heteroatoms. The lowest BCUT2D eigenvalue weighted by atomic mass is 9.94. The molecule has 1 aromatic heterocycles. The Morgan fingerprint density at radius 1 is 1.12 bits per heavy atom. The van der Waals surface area contributed by atoms with E-state index in [0.29, 0.717) is 5.92 Å². The van der Waals surface area contributed by atoms with E-state index in [2.05, 4.69) is 46.1 Å². The number of nitrogen functional groups attached to an aromatic ring is 1. The summed E-state index contributed by atoms with van der Waals surface area (Å²) in [6.45, 7) is 13.2. The van der Waals surface area contributed by atoms with Crippen LogP contribution in [0.4, 0.5) is 5.82 Å². The van der Waals surface area contributed by atoms with Crippen molar-refractivity contribution < 1.29 is 0 Å². The second-order valence-electron chi connectivity index (χ2n) is 7.24. The third kappa shape index (κ3) is 2.20. The zero-order valence-corrected chi connectivity index (χ0v) is 12.0. The van der Waals surface area contributed by atoms with Crippen molar-refractivity contribution >= 4 is 5.82 Å². The average Bonchev–Trinajstić information content (AvgIpc) is 2.86. The van der Waals surface area contributed by atoms with Crippen molar-refractivity contribution in [1.82, 2.24) is 9.55 Å². The molecule has 0 aromatic carbocycles. The molecule has 0 radical (unpaired) electrons. The molecule has 1 heterocycles. The van der Waals surface area contributed by atoms with Gasteiger partial charge in [0.2, 0.25) is 0 Å². The molecular weight excluding hydrogens is 210 g/mol. The highest BCUT2D eigenvalue weighted by molar-refractivity contribution is 5.44. The Hall–Kier alpha value is -0.990. The summed E-state index contributed by atoms with van der Waals surface area (Å²) in [5.41, 5.74) is 7.49. The molecule has 0 saturated heterocycles. The number of hydrogen-bond donors (Lipinski definition) is 1. The van der Waals surface area contributed by atoms with Gasteiger partial charge in [-0.25, -0.2) is 4.98 Å². The summed E-state index contributed by atoms with van der Waals surface area (Å²) in [6.07, 6.45) is 2.49. The summed E-state index contributed by atoms with van der Waals surface area (Å²) in [4.78, 5) is 4.85. The lowest BCUT2D eigenvalue weighted by molar-refractivity contribution is 0.359. The van der Waals surface area contributed by atoms with Crippen molar-refractivity contribution in [2.45, 2.75) is 71.3 Å². The van der Waals surface area contributed by atoms with Crippen molar-refractivity contribution in [1.29, 1.82) is 0 Å². The van der Waals surface area contributed by atoms with Gasteiger partial charge in [0.1, 0.15) is 11.6 Å². The van der Waals surface area contributed by atoms with Gasteiger partial charge in [0.25, 0.3) is 0 Å². The molecule has 1 aliphatic carbocycles. The quantitative estimate of drug-likeness (QED) is 0.810. The van der Waals surface area contributed by atoms with Gasteiger partial charge in [0.05, 0.1) is 5.69 Å². The molecule has 0 atom stereocenters. The second-order valence-corrected chi connectivity index (χ2v) is 7.24. The molecule has 1 aromatic rings. The first-order valence-electron chi connectivity index (χ1n) is 6.51. The lowest BCUT2D eigenvalue weighted by Crippen LogP contribution is -2.30. The van der Waals surface area contributed by atoms with Crippen LogP contribution in [0, 0.1) is 0 Å². The molecule has 0 bridgehead atoms. The van der Waals surface area contributed by atoms with Gasteiger partial charge in [-0.1, -0.05) is 20.8 Å². The van der Waals surface area contributed by atoms with E-state index >= 15 is 0 Å². The van der Waals surface area contributed by atoms with E-state index in [1.165, 1.54) is 12.8 Å². The Bertz CT molecular complexity index is 426. The fourth-order valence-electron chi connectivity index (χ4n) is 2.29. The highest BCUT2D eigenvalue weighted by atomic mass is 15.2. The van der Waals surface area contributed by atoms with Gasteiger partial charge in [0.15, 0.2) is 0 Å². The number of nitrogens with two attached hydrogens (primary N) is 1. The van der Waals surface area contributed by atoms with Crippen LogP contribution in [-0.4, -0.2) is 9.55 Å². The Balaban J connectivity index is 2.61. The Kier molecular flexibility index (Phi) is 2.57. The van der Waals surface area contributed by atoms with Crippen molar-refractivity contribution in [2.24, 2.45) is 0 Å². The van der Waals surface area contributed by atoms with Crippen LogP contribution in [0.2, 0.25) is 0 Å². The van der Waals surface area contributed by atoms with E-state index < -0.39 is 0 Å². The topological polar surface area (TPSA) is 43.8 Å². The maximum atomic E-state index is 6.33. The molecular formula is C14H25N3. The van der Waals surface area contributed by atoms with Gasteiger partial charge in [-0.2, -0.15) is 0 Å². The van der Waals surface area contributed by atoms with Crippen LogP contribution < -0.4 is 5.73 Å². The van der Waals surface area contributed by atoms with E-state index in [1.54, 1.807) is 0 Å². The van der Waals surface area contributed by atoms with Crippen LogP contribution in [0.15, 0.2) is 0 Å². The van der Waals surface area contributed by atoms with Gasteiger partial charge in [-0.15, -0.1) is 0 Å². The van der Waals surface area contributed by atoms with Crippen LogP contribution in [0.3, 0.4) is 0 Å². The van der Waals surface area contributed by atoms with Crippen LogP contribution in [0.5, 0.6) is 0 Å². The Labute approximate surface area is 104 Å². The predicted octanol–water partition coefficient (Wildman–Crippen LogP) is 3.40. The third-order valence-electron chi connectivity index (χ3n) is 3.25. The average molecular weight is 235 g/mol. The van der Waals surface area contributed by atoms with Crippen LogP contribution in [0.1, 0.15) is 71.8 Å². The molecule has 0 unspecified atom stereocenters. The number of imidazole rings is 1. The SMILES string of the molecule is CC(C)(C)c1nc(C2CC2)c(N)n1C(C)(C)C. The highest BCUT2D eigenvalue weighted by Crippen LogP contribution is 2.44. The molecule has 2 N–H and O–H groups in total. The van der Waals surface area contributed by atoms with E-state index in [1.807, 2.05) is 0 Å². The molecule has 0 spiro atoms. The monoisotopic (exact) mass is 235 g/mol. The fraction of sp³-hybridized carbons (Fsp3) is 0.786. The lowest BCUT2D eigenvalue weighted by Gasteiger charge is -2.29. The number of anilines is 1. The number of hydrogen-bond acceptors (Lipinski definition) is 2. The normalized spacial score (nSPS) is 17.5. The fourth-order valence-corrected chi connectivity index (χ4v) is 2.29. The molecule has 96 valence electrons. The second kappa shape index (κ2) is 3.50. The smallest absolute Gasteiger partial charge is 0.127 e. The highest BCUT2D eigenvalue weighted by Gasteiger charge is 2.35. The number of rotatable bonds is 1. The Morgan fingerprint density at radius 2 is 1.65 bits per heavy atom. The van der Waals surface area contributed by atoms with Crippen LogP contribution in [-0.2, 0) is 11.0 Å². The minimum atomic E-state index is -0.00711. The van der Waals surface area contributed by atoms with Crippen molar-refractivity contribution in [3.05, 3.63) is 11.5 Å². The number of aromatic nitrogens is 2. The van der Waals surface area contributed by atoms with Crippen molar-refractivity contribution in [3.63, 3.8) is 0 Å². The van der Waals surface area contributed by atoms with Gasteiger partial charge in [-0.05, 0) is 33.6 Å². The van der Waals surface area contributed by atoms with Gasteiger partial charge in [-0.3, -0.25) is 0 Å². The molecule has 2 rings (SSSR count). The molecule has 0 amide bonds. The Morgan fingerprint density at radius 3 is 1.94 bits per heavy atom. The molecule has 0 aliphatic heterocycles. The maximum absolute atomic E-state index is 6.33. The third-order valence-corrected chi connectivity index (χ3v) is 3.25. The summed E-state index contributed by atoms with van der Waals surface area (Å²) in [5, 5.41) is 0. The number of nitrogens with zero attached hydrogens (tertiary/aromatic N) is 2. The summed E-state index contributed by atoms with van der Waals surface area (Å²) < 4.78 is 2.22. The summed E-state index contributed by atoms with van der Waals surface area (Å²) in [6, 6.07) is 0. The van der Waals surface area contributed by atoms with E-state index in [4.69, 9.17) is 10.7 Å². The standard InChI is InChI=1S/C14H25N3/c1-13(2,3)12-16-10(9-7-8-9)11(15)17(12)14(4,5)6/h9H,7-8,15H2,1-6H3. The zero-order valence-electron chi connectivity index (χ0n) is 12.0. The first-order chi connectivity index (χ1) is 7.62. The van der Waals surface area contributed by atoms with E-state index in [0.717, 1.165) is 17.3 Å². The van der Waals surface area contributed by atoms with Crippen molar-refractivity contribution in [3.8, 4) is 0 Å². The van der Waals surface area contributed by atoms with Gasteiger partial charge >= 0.3 is 0 Å². The molecule has 17 heavy (non-hydrogen) atoms.